The Morgan fingerprint density at radius 2 is 1.46 bits per heavy atom. The molecule has 2 aromatic carbocycles. The van der Waals surface area contributed by atoms with Gasteiger partial charge in [0.2, 0.25) is 5.91 Å². The predicted molar refractivity (Wildman–Crippen MR) is 109 cm³/mol. The fourth-order valence-corrected chi connectivity index (χ4v) is 3.02. The number of carbonyl (C=O) groups is 2. The van der Waals surface area contributed by atoms with Gasteiger partial charge in [-0.05, 0) is 49.2 Å². The number of halogens is 3. The fourth-order valence-electron chi connectivity index (χ4n) is 2.42. The van der Waals surface area contributed by atoms with Gasteiger partial charge in [-0.1, -0.05) is 48.7 Å². The number of rotatable bonds is 6. The average Bonchev–Trinajstić information content (AvgIpc) is 2.61. The van der Waals surface area contributed by atoms with Gasteiger partial charge < -0.3 is 10.6 Å². The maximum atomic E-state index is 12.4. The Morgan fingerprint density at radius 1 is 0.885 bits per heavy atom. The summed E-state index contributed by atoms with van der Waals surface area (Å²) in [4.78, 5) is 24.5. The van der Waals surface area contributed by atoms with Crippen LogP contribution in [-0.2, 0) is 4.79 Å². The van der Waals surface area contributed by atoms with Crippen LogP contribution in [0, 0.1) is 5.92 Å². The van der Waals surface area contributed by atoms with Crippen LogP contribution in [0.15, 0.2) is 36.4 Å². The Labute approximate surface area is 167 Å². The maximum absolute atomic E-state index is 12.4. The summed E-state index contributed by atoms with van der Waals surface area (Å²) in [6.07, 6.45) is 1.57. The van der Waals surface area contributed by atoms with Crippen LogP contribution in [0.5, 0.6) is 0 Å². The van der Waals surface area contributed by atoms with E-state index in [-0.39, 0.29) is 17.7 Å². The number of benzene rings is 2. The Hall–Kier alpha value is -1.75. The molecule has 2 rings (SSSR count). The van der Waals surface area contributed by atoms with Gasteiger partial charge in [0.15, 0.2) is 0 Å². The minimum absolute atomic E-state index is 0.0187. The molecule has 0 aliphatic carbocycles. The molecule has 0 fully saturated rings. The van der Waals surface area contributed by atoms with Crippen molar-refractivity contribution < 1.29 is 9.59 Å². The third-order valence-corrected chi connectivity index (χ3v) is 5.06. The van der Waals surface area contributed by atoms with E-state index in [9.17, 15) is 9.59 Å². The van der Waals surface area contributed by atoms with Crippen LogP contribution < -0.4 is 10.6 Å². The summed E-state index contributed by atoms with van der Waals surface area (Å²) >= 11 is 17.9. The first-order valence-electron chi connectivity index (χ1n) is 8.22. The summed E-state index contributed by atoms with van der Waals surface area (Å²) in [7, 11) is 0. The summed E-state index contributed by atoms with van der Waals surface area (Å²) in [5.74, 6) is -0.382. The van der Waals surface area contributed by atoms with Crippen molar-refractivity contribution in [1.82, 2.24) is 0 Å². The van der Waals surface area contributed by atoms with E-state index in [1.54, 1.807) is 24.3 Å². The highest BCUT2D eigenvalue weighted by atomic mass is 35.5. The standard InChI is InChI=1S/C19H19Cl3N2O2/c1-3-11(4-2)18(25)23-13-7-5-12(6-8-13)19(26)24-17-10-15(21)14(20)9-16(17)22/h5-11H,3-4H2,1-2H3,(H,23,25)(H,24,26). The van der Waals surface area contributed by atoms with Gasteiger partial charge in [0.1, 0.15) is 0 Å². The van der Waals surface area contributed by atoms with Crippen LogP contribution in [0.1, 0.15) is 37.0 Å². The largest absolute Gasteiger partial charge is 0.326 e. The molecule has 0 aromatic heterocycles. The van der Waals surface area contributed by atoms with Gasteiger partial charge in [0, 0.05) is 17.2 Å². The summed E-state index contributed by atoms with van der Waals surface area (Å²) in [5, 5.41) is 6.45. The van der Waals surface area contributed by atoms with Gasteiger partial charge in [-0.3, -0.25) is 9.59 Å². The first-order chi connectivity index (χ1) is 12.3. The smallest absolute Gasteiger partial charge is 0.255 e. The molecule has 2 N–H and O–H groups in total. The van der Waals surface area contributed by atoms with E-state index in [2.05, 4.69) is 10.6 Å². The summed E-state index contributed by atoms with van der Waals surface area (Å²) in [5.41, 5.74) is 1.44. The van der Waals surface area contributed by atoms with Gasteiger partial charge in [0.25, 0.3) is 5.91 Å². The van der Waals surface area contributed by atoms with Crippen molar-refractivity contribution in [2.24, 2.45) is 5.92 Å². The van der Waals surface area contributed by atoms with Crippen LogP contribution >= 0.6 is 34.8 Å². The molecule has 2 aromatic rings. The van der Waals surface area contributed by atoms with Crippen LogP contribution in [0.4, 0.5) is 11.4 Å². The van der Waals surface area contributed by atoms with E-state index in [1.165, 1.54) is 12.1 Å². The Morgan fingerprint density at radius 3 is 2.04 bits per heavy atom. The molecule has 0 saturated heterocycles. The normalized spacial score (nSPS) is 10.7. The molecule has 0 saturated carbocycles. The average molecular weight is 414 g/mol. The maximum Gasteiger partial charge on any atom is 0.255 e. The predicted octanol–water partition coefficient (Wildman–Crippen LogP) is 6.27. The molecule has 2 amide bonds. The van der Waals surface area contributed by atoms with Crippen LogP contribution in [0.25, 0.3) is 0 Å². The topological polar surface area (TPSA) is 58.2 Å². The van der Waals surface area contributed by atoms with Crippen molar-refractivity contribution in [3.8, 4) is 0 Å². The lowest BCUT2D eigenvalue weighted by Crippen LogP contribution is -2.21. The van der Waals surface area contributed by atoms with E-state index in [0.717, 1.165) is 12.8 Å². The van der Waals surface area contributed by atoms with Gasteiger partial charge in [-0.25, -0.2) is 0 Å². The highest BCUT2D eigenvalue weighted by Gasteiger charge is 2.15. The number of nitrogens with one attached hydrogen (secondary N) is 2. The lowest BCUT2D eigenvalue weighted by molar-refractivity contribution is -0.120. The second-order valence-corrected chi connectivity index (χ2v) is 7.00. The zero-order valence-electron chi connectivity index (χ0n) is 14.4. The number of anilines is 2. The van der Waals surface area contributed by atoms with Gasteiger partial charge >= 0.3 is 0 Å². The second kappa shape index (κ2) is 9.26. The molecule has 0 bridgehead atoms. The van der Waals surface area contributed by atoms with Crippen molar-refractivity contribution in [3.63, 3.8) is 0 Å². The minimum atomic E-state index is -0.344. The molecule has 138 valence electrons. The highest BCUT2D eigenvalue weighted by molar-refractivity contribution is 6.44. The van der Waals surface area contributed by atoms with E-state index < -0.39 is 0 Å². The molecule has 0 heterocycles. The molecule has 4 nitrogen and oxygen atoms in total. The molecule has 0 aliphatic rings. The van der Waals surface area contributed by atoms with E-state index in [4.69, 9.17) is 34.8 Å². The molecule has 0 radical (unpaired) electrons. The molecule has 7 heteroatoms. The van der Waals surface area contributed by atoms with E-state index in [1.807, 2.05) is 13.8 Å². The third kappa shape index (κ3) is 5.13. The fraction of sp³-hybridized carbons (Fsp3) is 0.263. The Bertz CT molecular complexity index is 803. The number of amides is 2. The van der Waals surface area contributed by atoms with Gasteiger partial charge in [-0.15, -0.1) is 0 Å². The first kappa shape index (κ1) is 20.6. The monoisotopic (exact) mass is 412 g/mol. The highest BCUT2D eigenvalue weighted by Crippen LogP contribution is 2.32. The molecular formula is C19H19Cl3N2O2. The molecule has 0 atom stereocenters. The van der Waals surface area contributed by atoms with Crippen LogP contribution in [-0.4, -0.2) is 11.8 Å². The molecule has 0 unspecified atom stereocenters. The van der Waals surface area contributed by atoms with Crippen molar-refractivity contribution >= 4 is 58.0 Å². The quantitative estimate of drug-likeness (QED) is 0.548. The Balaban J connectivity index is 2.07. The third-order valence-electron chi connectivity index (χ3n) is 4.03. The van der Waals surface area contributed by atoms with E-state index >= 15 is 0 Å². The molecule has 0 spiro atoms. The van der Waals surface area contributed by atoms with Crippen molar-refractivity contribution in [2.75, 3.05) is 10.6 Å². The molecular weight excluding hydrogens is 395 g/mol. The van der Waals surface area contributed by atoms with Gasteiger partial charge in [-0.2, -0.15) is 0 Å². The zero-order valence-corrected chi connectivity index (χ0v) is 16.7. The summed E-state index contributed by atoms with van der Waals surface area (Å²) < 4.78 is 0. The minimum Gasteiger partial charge on any atom is -0.326 e. The number of hydrogen-bond donors (Lipinski definition) is 2. The first-order valence-corrected chi connectivity index (χ1v) is 9.35. The molecule has 0 aliphatic heterocycles. The lowest BCUT2D eigenvalue weighted by atomic mass is 10.0. The van der Waals surface area contributed by atoms with Crippen LogP contribution in [0.3, 0.4) is 0 Å². The van der Waals surface area contributed by atoms with E-state index in [0.29, 0.717) is 32.0 Å². The number of carbonyl (C=O) groups excluding carboxylic acids is 2. The lowest BCUT2D eigenvalue weighted by Gasteiger charge is -2.13. The van der Waals surface area contributed by atoms with Crippen molar-refractivity contribution in [2.45, 2.75) is 26.7 Å². The van der Waals surface area contributed by atoms with Crippen molar-refractivity contribution in [3.05, 3.63) is 57.0 Å². The van der Waals surface area contributed by atoms with Crippen molar-refractivity contribution in [1.29, 1.82) is 0 Å². The number of hydrogen-bond acceptors (Lipinski definition) is 2. The molecule has 26 heavy (non-hydrogen) atoms. The summed E-state index contributed by atoms with van der Waals surface area (Å²) in [6, 6.07) is 9.59. The zero-order chi connectivity index (χ0) is 19.3. The SMILES string of the molecule is CCC(CC)C(=O)Nc1ccc(C(=O)Nc2cc(Cl)c(Cl)cc2Cl)cc1. The summed E-state index contributed by atoms with van der Waals surface area (Å²) in [6.45, 7) is 3.96. The van der Waals surface area contributed by atoms with Crippen LogP contribution in [0.2, 0.25) is 15.1 Å². The second-order valence-electron chi connectivity index (χ2n) is 5.78. The Kier molecular flexibility index (Phi) is 7.33. The van der Waals surface area contributed by atoms with Gasteiger partial charge in [0.05, 0.1) is 20.8 Å².